The normalized spacial score (nSPS) is 10.3. The molecule has 4 nitrogen and oxygen atoms in total. The first-order valence-electron chi connectivity index (χ1n) is 4.50. The third kappa shape index (κ3) is 2.81. The Bertz CT molecular complexity index is 324. The van der Waals surface area contributed by atoms with Gasteiger partial charge in [-0.1, -0.05) is 6.07 Å². The highest BCUT2D eigenvalue weighted by molar-refractivity contribution is 5.87. The van der Waals surface area contributed by atoms with E-state index >= 15 is 0 Å². The van der Waals surface area contributed by atoms with Gasteiger partial charge in [-0.3, -0.25) is 0 Å². The maximum absolute atomic E-state index is 11.4. The van der Waals surface area contributed by atoms with Gasteiger partial charge in [-0.2, -0.15) is 0 Å². The molecule has 1 aromatic heterocycles. The van der Waals surface area contributed by atoms with Crippen molar-refractivity contribution < 1.29 is 9.53 Å². The van der Waals surface area contributed by atoms with Gasteiger partial charge in [0.1, 0.15) is 5.69 Å². The van der Waals surface area contributed by atoms with Crippen molar-refractivity contribution in [3.63, 3.8) is 0 Å². The van der Waals surface area contributed by atoms with Crippen LogP contribution in [0.5, 0.6) is 0 Å². The molecule has 0 spiro atoms. The molecule has 0 saturated heterocycles. The van der Waals surface area contributed by atoms with Crippen LogP contribution in [0.2, 0.25) is 0 Å². The van der Waals surface area contributed by atoms with Crippen LogP contribution in [0.25, 0.3) is 0 Å². The van der Waals surface area contributed by atoms with E-state index in [0.717, 1.165) is 0 Å². The summed E-state index contributed by atoms with van der Waals surface area (Å²) in [6.07, 6.45) is -0.133. The summed E-state index contributed by atoms with van der Waals surface area (Å²) in [7, 11) is 0. The van der Waals surface area contributed by atoms with E-state index in [1.807, 2.05) is 0 Å². The van der Waals surface area contributed by atoms with Gasteiger partial charge in [0, 0.05) is 6.54 Å². The molecular formula is C10H14N2O2. The number of ether oxygens (including phenoxy) is 1. The molecular weight excluding hydrogens is 180 g/mol. The van der Waals surface area contributed by atoms with Gasteiger partial charge in [0.05, 0.1) is 11.8 Å². The summed E-state index contributed by atoms with van der Waals surface area (Å²) in [5.41, 5.74) is 6.40. The van der Waals surface area contributed by atoms with Gasteiger partial charge in [0.2, 0.25) is 0 Å². The zero-order chi connectivity index (χ0) is 10.6. The van der Waals surface area contributed by atoms with Gasteiger partial charge in [-0.05, 0) is 26.0 Å². The van der Waals surface area contributed by atoms with E-state index in [4.69, 9.17) is 10.5 Å². The van der Waals surface area contributed by atoms with Gasteiger partial charge in [0.25, 0.3) is 0 Å². The third-order valence-electron chi connectivity index (χ3n) is 1.57. The first-order valence-corrected chi connectivity index (χ1v) is 4.50. The lowest BCUT2D eigenvalue weighted by Gasteiger charge is -2.07. The number of aromatic nitrogens is 1. The topological polar surface area (TPSA) is 65.2 Å². The van der Waals surface area contributed by atoms with Crippen LogP contribution in [-0.2, 0) is 11.3 Å². The lowest BCUT2D eigenvalue weighted by atomic mass is 10.3. The Hall–Kier alpha value is -1.42. The van der Waals surface area contributed by atoms with Crippen LogP contribution in [0.3, 0.4) is 0 Å². The molecule has 76 valence electrons. The SMILES string of the molecule is CC(C)OC(=O)c1cccc(CN)n1. The smallest absolute Gasteiger partial charge is 0.357 e. The predicted molar refractivity (Wildman–Crippen MR) is 52.7 cm³/mol. The second-order valence-electron chi connectivity index (χ2n) is 3.17. The van der Waals surface area contributed by atoms with E-state index < -0.39 is 5.97 Å². The van der Waals surface area contributed by atoms with E-state index in [0.29, 0.717) is 17.9 Å². The molecule has 1 rings (SSSR count). The molecule has 0 radical (unpaired) electrons. The Morgan fingerprint density at radius 3 is 2.86 bits per heavy atom. The first-order chi connectivity index (χ1) is 6.63. The fourth-order valence-corrected chi connectivity index (χ4v) is 0.981. The number of nitrogens with zero attached hydrogens (tertiary/aromatic N) is 1. The summed E-state index contributed by atoms with van der Waals surface area (Å²) < 4.78 is 4.99. The molecule has 0 aliphatic carbocycles. The fraction of sp³-hybridized carbons (Fsp3) is 0.400. The molecule has 0 amide bonds. The lowest BCUT2D eigenvalue weighted by Crippen LogP contribution is -2.14. The minimum atomic E-state index is -0.407. The van der Waals surface area contributed by atoms with Crippen molar-refractivity contribution in [2.75, 3.05) is 0 Å². The van der Waals surface area contributed by atoms with E-state index in [-0.39, 0.29) is 6.10 Å². The Morgan fingerprint density at radius 2 is 2.29 bits per heavy atom. The van der Waals surface area contributed by atoms with Crippen LogP contribution in [0.1, 0.15) is 30.0 Å². The number of carbonyl (C=O) groups is 1. The van der Waals surface area contributed by atoms with E-state index in [2.05, 4.69) is 4.98 Å². The van der Waals surface area contributed by atoms with Crippen molar-refractivity contribution in [2.45, 2.75) is 26.5 Å². The number of carbonyl (C=O) groups excluding carboxylic acids is 1. The van der Waals surface area contributed by atoms with Crippen LogP contribution in [0.15, 0.2) is 18.2 Å². The maximum Gasteiger partial charge on any atom is 0.357 e. The molecule has 0 atom stereocenters. The van der Waals surface area contributed by atoms with Crippen molar-refractivity contribution in [1.29, 1.82) is 0 Å². The van der Waals surface area contributed by atoms with Gasteiger partial charge >= 0.3 is 5.97 Å². The number of hydrogen-bond acceptors (Lipinski definition) is 4. The minimum absolute atomic E-state index is 0.133. The summed E-state index contributed by atoms with van der Waals surface area (Å²) in [6, 6.07) is 5.13. The van der Waals surface area contributed by atoms with Crippen molar-refractivity contribution in [3.05, 3.63) is 29.6 Å². The lowest BCUT2D eigenvalue weighted by molar-refractivity contribution is 0.0370. The Morgan fingerprint density at radius 1 is 1.57 bits per heavy atom. The Kier molecular flexibility index (Phi) is 3.59. The van der Waals surface area contributed by atoms with Crippen LogP contribution >= 0.6 is 0 Å². The maximum atomic E-state index is 11.4. The quantitative estimate of drug-likeness (QED) is 0.732. The van der Waals surface area contributed by atoms with E-state index in [1.165, 1.54) is 0 Å². The largest absolute Gasteiger partial charge is 0.458 e. The number of esters is 1. The fourth-order valence-electron chi connectivity index (χ4n) is 0.981. The Balaban J connectivity index is 2.79. The molecule has 1 heterocycles. The van der Waals surface area contributed by atoms with Gasteiger partial charge in [0.15, 0.2) is 0 Å². The van der Waals surface area contributed by atoms with Crippen LogP contribution < -0.4 is 5.73 Å². The summed E-state index contributed by atoms with van der Waals surface area (Å²) >= 11 is 0. The van der Waals surface area contributed by atoms with Crippen LogP contribution in [-0.4, -0.2) is 17.1 Å². The Labute approximate surface area is 83.1 Å². The minimum Gasteiger partial charge on any atom is -0.458 e. The van der Waals surface area contributed by atoms with E-state index in [1.54, 1.807) is 32.0 Å². The molecule has 0 bridgehead atoms. The van der Waals surface area contributed by atoms with Gasteiger partial charge in [-0.15, -0.1) is 0 Å². The van der Waals surface area contributed by atoms with Gasteiger partial charge < -0.3 is 10.5 Å². The summed E-state index contributed by atoms with van der Waals surface area (Å²) in [6.45, 7) is 3.91. The van der Waals surface area contributed by atoms with Crippen LogP contribution in [0.4, 0.5) is 0 Å². The molecule has 14 heavy (non-hydrogen) atoms. The zero-order valence-corrected chi connectivity index (χ0v) is 8.36. The average Bonchev–Trinajstić information content (AvgIpc) is 2.17. The monoisotopic (exact) mass is 194 g/mol. The molecule has 0 aliphatic rings. The van der Waals surface area contributed by atoms with Crippen molar-refractivity contribution in [2.24, 2.45) is 5.73 Å². The standard InChI is InChI=1S/C10H14N2O2/c1-7(2)14-10(13)9-5-3-4-8(6-11)12-9/h3-5,7H,6,11H2,1-2H3. The summed E-state index contributed by atoms with van der Waals surface area (Å²) in [5.74, 6) is -0.407. The molecule has 4 heteroatoms. The van der Waals surface area contributed by atoms with Crippen molar-refractivity contribution >= 4 is 5.97 Å². The number of nitrogens with two attached hydrogens (primary N) is 1. The summed E-state index contributed by atoms with van der Waals surface area (Å²) in [5, 5.41) is 0. The highest BCUT2D eigenvalue weighted by Gasteiger charge is 2.10. The number of pyridine rings is 1. The van der Waals surface area contributed by atoms with Crippen molar-refractivity contribution in [3.8, 4) is 0 Å². The predicted octanol–water partition coefficient (Wildman–Crippen LogP) is 1.11. The molecule has 0 fully saturated rings. The third-order valence-corrected chi connectivity index (χ3v) is 1.57. The average molecular weight is 194 g/mol. The molecule has 0 unspecified atom stereocenters. The summed E-state index contributed by atoms with van der Waals surface area (Å²) in [4.78, 5) is 15.4. The van der Waals surface area contributed by atoms with Crippen molar-refractivity contribution in [1.82, 2.24) is 4.98 Å². The van der Waals surface area contributed by atoms with Crippen LogP contribution in [0, 0.1) is 0 Å². The molecule has 0 aliphatic heterocycles. The molecule has 1 aromatic rings. The highest BCUT2D eigenvalue weighted by atomic mass is 16.5. The number of hydrogen-bond donors (Lipinski definition) is 1. The molecule has 0 saturated carbocycles. The first kappa shape index (κ1) is 10.7. The second-order valence-corrected chi connectivity index (χ2v) is 3.17. The van der Waals surface area contributed by atoms with Gasteiger partial charge in [-0.25, -0.2) is 9.78 Å². The molecule has 0 aromatic carbocycles. The second kappa shape index (κ2) is 4.72. The zero-order valence-electron chi connectivity index (χ0n) is 8.36. The number of rotatable bonds is 3. The highest BCUT2D eigenvalue weighted by Crippen LogP contribution is 2.02. The van der Waals surface area contributed by atoms with E-state index in [9.17, 15) is 4.79 Å². The molecule has 2 N–H and O–H groups in total.